The second-order valence-electron chi connectivity index (χ2n) is 5.92. The van der Waals surface area contributed by atoms with Gasteiger partial charge in [0.25, 0.3) is 0 Å². The summed E-state index contributed by atoms with van der Waals surface area (Å²) in [6, 6.07) is 6.50. The first-order valence-electron chi connectivity index (χ1n) is 8.80. The van der Waals surface area contributed by atoms with Crippen LogP contribution in [-0.4, -0.2) is 33.3 Å². The Morgan fingerprint density at radius 1 is 1.22 bits per heavy atom. The maximum absolute atomic E-state index is 11.9. The van der Waals surface area contributed by atoms with E-state index in [0.29, 0.717) is 22.1 Å². The maximum Gasteiger partial charge on any atom is 0.247 e. The molecule has 0 bridgehead atoms. The molecule has 0 unspecified atom stereocenters. The molecule has 0 radical (unpaired) electrons. The van der Waals surface area contributed by atoms with E-state index in [-0.39, 0.29) is 24.0 Å². The molecule has 1 aromatic heterocycles. The van der Waals surface area contributed by atoms with Gasteiger partial charge in [0.2, 0.25) is 16.9 Å². The summed E-state index contributed by atoms with van der Waals surface area (Å²) < 4.78 is 0. The SMILES string of the molecule is CCCCCCC(=O)Nc1nnc(CC(=O)N/N=C\c2cccc(O)c2)s1. The molecule has 144 valence electrons. The van der Waals surface area contributed by atoms with E-state index >= 15 is 0 Å². The summed E-state index contributed by atoms with van der Waals surface area (Å²) in [6.45, 7) is 2.12. The van der Waals surface area contributed by atoms with Gasteiger partial charge in [0.1, 0.15) is 10.8 Å². The lowest BCUT2D eigenvalue weighted by molar-refractivity contribution is -0.120. The highest BCUT2D eigenvalue weighted by Gasteiger charge is 2.11. The fourth-order valence-corrected chi connectivity index (χ4v) is 2.99. The quantitative estimate of drug-likeness (QED) is 0.328. The first-order valence-corrected chi connectivity index (χ1v) is 9.61. The highest BCUT2D eigenvalue weighted by atomic mass is 32.1. The Labute approximate surface area is 161 Å². The van der Waals surface area contributed by atoms with Gasteiger partial charge in [-0.3, -0.25) is 9.59 Å². The van der Waals surface area contributed by atoms with Crippen LogP contribution >= 0.6 is 11.3 Å². The van der Waals surface area contributed by atoms with Crippen molar-refractivity contribution in [2.75, 3.05) is 5.32 Å². The van der Waals surface area contributed by atoms with E-state index in [2.05, 4.69) is 33.0 Å². The lowest BCUT2D eigenvalue weighted by Crippen LogP contribution is -2.19. The zero-order valence-electron chi connectivity index (χ0n) is 15.1. The number of carbonyl (C=O) groups is 2. The number of unbranched alkanes of at least 4 members (excludes halogenated alkanes) is 3. The zero-order chi connectivity index (χ0) is 19.5. The summed E-state index contributed by atoms with van der Waals surface area (Å²) in [6.07, 6.45) is 6.04. The molecule has 0 aliphatic rings. The van der Waals surface area contributed by atoms with Crippen molar-refractivity contribution in [2.24, 2.45) is 5.10 Å². The molecule has 2 amide bonds. The molecule has 0 fully saturated rings. The summed E-state index contributed by atoms with van der Waals surface area (Å²) in [5.74, 6) is -0.312. The van der Waals surface area contributed by atoms with Crippen LogP contribution in [0.3, 0.4) is 0 Å². The zero-order valence-corrected chi connectivity index (χ0v) is 16.0. The number of hydrogen-bond acceptors (Lipinski definition) is 7. The number of benzene rings is 1. The highest BCUT2D eigenvalue weighted by molar-refractivity contribution is 7.15. The summed E-state index contributed by atoms with van der Waals surface area (Å²) >= 11 is 1.17. The standard InChI is InChI=1S/C18H23N5O3S/c1-2-3-4-5-9-15(25)20-18-23-22-17(27-18)11-16(26)21-19-12-13-7-6-8-14(24)10-13/h6-8,10,12,24H,2-5,9,11H2,1H3,(H,21,26)(H,20,23,25)/b19-12-. The fraction of sp³-hybridized carbons (Fsp3) is 0.389. The molecular weight excluding hydrogens is 366 g/mol. The van der Waals surface area contributed by atoms with Crippen molar-refractivity contribution in [3.05, 3.63) is 34.8 Å². The molecule has 27 heavy (non-hydrogen) atoms. The fourth-order valence-electron chi connectivity index (χ4n) is 2.23. The second-order valence-corrected chi connectivity index (χ2v) is 6.99. The summed E-state index contributed by atoms with van der Waals surface area (Å²) in [7, 11) is 0. The van der Waals surface area contributed by atoms with Crippen molar-refractivity contribution in [3.8, 4) is 5.75 Å². The number of aromatic hydroxyl groups is 1. The molecule has 1 aromatic carbocycles. The van der Waals surface area contributed by atoms with Crippen molar-refractivity contribution in [2.45, 2.75) is 45.4 Å². The number of anilines is 1. The van der Waals surface area contributed by atoms with Crippen LogP contribution in [0.25, 0.3) is 0 Å². The Balaban J connectivity index is 1.74. The van der Waals surface area contributed by atoms with E-state index in [1.807, 2.05) is 0 Å². The van der Waals surface area contributed by atoms with Gasteiger partial charge in [-0.05, 0) is 24.1 Å². The van der Waals surface area contributed by atoms with Gasteiger partial charge in [0.05, 0.1) is 12.6 Å². The molecule has 1 heterocycles. The topological polar surface area (TPSA) is 117 Å². The highest BCUT2D eigenvalue weighted by Crippen LogP contribution is 2.16. The van der Waals surface area contributed by atoms with Gasteiger partial charge < -0.3 is 10.4 Å². The van der Waals surface area contributed by atoms with Gasteiger partial charge >= 0.3 is 0 Å². The van der Waals surface area contributed by atoms with Crippen LogP contribution in [0.15, 0.2) is 29.4 Å². The molecule has 2 rings (SSSR count). The third-order valence-electron chi connectivity index (χ3n) is 3.56. The van der Waals surface area contributed by atoms with E-state index in [1.165, 1.54) is 23.6 Å². The van der Waals surface area contributed by atoms with E-state index in [0.717, 1.165) is 25.7 Å². The molecule has 0 aliphatic carbocycles. The largest absolute Gasteiger partial charge is 0.508 e. The third kappa shape index (κ3) is 7.95. The first-order chi connectivity index (χ1) is 13.1. The van der Waals surface area contributed by atoms with Gasteiger partial charge in [-0.2, -0.15) is 5.10 Å². The van der Waals surface area contributed by atoms with E-state index in [4.69, 9.17) is 0 Å². The van der Waals surface area contributed by atoms with Crippen LogP contribution in [0.4, 0.5) is 5.13 Å². The molecule has 8 nitrogen and oxygen atoms in total. The number of nitrogens with one attached hydrogen (secondary N) is 2. The van der Waals surface area contributed by atoms with Gasteiger partial charge in [-0.15, -0.1) is 10.2 Å². The summed E-state index contributed by atoms with van der Waals surface area (Å²) in [5, 5.41) is 24.6. The van der Waals surface area contributed by atoms with Crippen molar-refractivity contribution < 1.29 is 14.7 Å². The minimum absolute atomic E-state index is 0.0153. The number of amides is 2. The van der Waals surface area contributed by atoms with E-state index in [1.54, 1.807) is 18.2 Å². The van der Waals surface area contributed by atoms with Gasteiger partial charge in [0, 0.05) is 6.42 Å². The second kappa shape index (κ2) is 11.0. The molecule has 0 saturated carbocycles. The lowest BCUT2D eigenvalue weighted by atomic mass is 10.1. The number of phenols is 1. The predicted octanol–water partition coefficient (Wildman–Crippen LogP) is 2.85. The number of phenolic OH excluding ortho intramolecular Hbond substituents is 1. The van der Waals surface area contributed by atoms with Crippen LogP contribution < -0.4 is 10.7 Å². The average Bonchev–Trinajstić information content (AvgIpc) is 3.05. The minimum Gasteiger partial charge on any atom is -0.508 e. The van der Waals surface area contributed by atoms with Crippen molar-refractivity contribution >= 4 is 34.5 Å². The number of hydrazone groups is 1. The molecule has 0 spiro atoms. The Morgan fingerprint density at radius 3 is 2.85 bits per heavy atom. The lowest BCUT2D eigenvalue weighted by Gasteiger charge is -2.00. The Morgan fingerprint density at radius 2 is 2.07 bits per heavy atom. The Bertz CT molecular complexity index is 791. The van der Waals surface area contributed by atoms with Crippen LogP contribution in [-0.2, 0) is 16.0 Å². The summed E-state index contributed by atoms with van der Waals surface area (Å²) in [5.41, 5.74) is 3.05. The Hall–Kier alpha value is -2.81. The van der Waals surface area contributed by atoms with E-state index in [9.17, 15) is 14.7 Å². The number of hydrogen-bond donors (Lipinski definition) is 3. The van der Waals surface area contributed by atoms with Gasteiger partial charge in [0.15, 0.2) is 0 Å². The molecule has 3 N–H and O–H groups in total. The average molecular weight is 389 g/mol. The molecule has 0 atom stereocenters. The molecular formula is C18H23N5O3S. The first kappa shape index (κ1) is 20.5. The third-order valence-corrected chi connectivity index (χ3v) is 4.39. The molecule has 9 heteroatoms. The molecule has 2 aromatic rings. The van der Waals surface area contributed by atoms with Crippen LogP contribution in [0, 0.1) is 0 Å². The van der Waals surface area contributed by atoms with Gasteiger partial charge in [-0.1, -0.05) is 49.7 Å². The number of carbonyl (C=O) groups excluding carboxylic acids is 2. The van der Waals surface area contributed by atoms with Crippen LogP contribution in [0.5, 0.6) is 5.75 Å². The van der Waals surface area contributed by atoms with Crippen molar-refractivity contribution in [1.82, 2.24) is 15.6 Å². The monoisotopic (exact) mass is 389 g/mol. The molecule has 0 aliphatic heterocycles. The number of rotatable bonds is 10. The predicted molar refractivity (Wildman–Crippen MR) is 105 cm³/mol. The number of nitrogens with zero attached hydrogens (tertiary/aromatic N) is 3. The van der Waals surface area contributed by atoms with Crippen LogP contribution in [0.1, 0.15) is 49.6 Å². The minimum atomic E-state index is -0.347. The van der Waals surface area contributed by atoms with E-state index < -0.39 is 0 Å². The van der Waals surface area contributed by atoms with Crippen molar-refractivity contribution in [1.29, 1.82) is 0 Å². The molecule has 0 saturated heterocycles. The summed E-state index contributed by atoms with van der Waals surface area (Å²) in [4.78, 5) is 23.7. The van der Waals surface area contributed by atoms with Crippen LogP contribution in [0.2, 0.25) is 0 Å². The Kier molecular flexibility index (Phi) is 8.37. The number of aromatic nitrogens is 2. The van der Waals surface area contributed by atoms with Gasteiger partial charge in [-0.25, -0.2) is 5.43 Å². The smallest absolute Gasteiger partial charge is 0.247 e. The van der Waals surface area contributed by atoms with Crippen molar-refractivity contribution in [3.63, 3.8) is 0 Å². The normalized spacial score (nSPS) is 10.9. The maximum atomic E-state index is 11.9.